The number of allylic oxidation sites excluding steroid dienone is 18. The van der Waals surface area contributed by atoms with Crippen LogP contribution < -0.4 is 0 Å². The van der Waals surface area contributed by atoms with Gasteiger partial charge in [-0.2, -0.15) is 0 Å². The molecule has 376 valence electrons. The Balaban J connectivity index is 3.48. The van der Waals surface area contributed by atoms with Gasteiger partial charge in [-0.25, -0.2) is 0 Å². The van der Waals surface area contributed by atoms with Crippen molar-refractivity contribution in [3.63, 3.8) is 0 Å². The molecule has 0 aromatic rings. The lowest BCUT2D eigenvalue weighted by Crippen LogP contribution is -2.28. The van der Waals surface area contributed by atoms with Crippen LogP contribution in [0.2, 0.25) is 0 Å². The predicted molar refractivity (Wildman–Crippen MR) is 288 cm³/mol. The molecule has 0 amide bonds. The highest BCUT2D eigenvalue weighted by atomic mass is 16.6. The molecule has 0 saturated carbocycles. The van der Waals surface area contributed by atoms with Crippen molar-refractivity contribution < 1.29 is 24.2 Å². The number of hydrogen-bond donors (Lipinski definition) is 1. The normalized spacial score (nSPS) is 13.1. The van der Waals surface area contributed by atoms with E-state index in [1.54, 1.807) is 0 Å². The zero-order chi connectivity index (χ0) is 47.7. The molecule has 0 aromatic carbocycles. The number of carbonyl (C=O) groups is 2. The quantitative estimate of drug-likeness (QED) is 0.0374. The Hall–Kier alpha value is -3.44. The van der Waals surface area contributed by atoms with Gasteiger partial charge in [-0.1, -0.05) is 245 Å². The Kier molecular flexibility index (Phi) is 53.0. The standard InChI is InChI=1S/C61H102O5/c1-3-5-7-9-11-13-15-17-19-20-21-22-23-24-25-26-27-28-29-30-31-32-33-34-35-36-37-38-39-40-42-44-46-48-50-52-54-56-61(64)66-59(57-62)58-65-60(63)55-53-51-49-47-45-43-41-18-16-14-12-10-8-6-4-2/h5-8,11-14,17-19,21-22,24-25,27-28,41,59,62H,3-4,9-10,15-16,20,23,26,29-40,42-58H2,1-2H3/b7-5-,8-6-,13-11-,14-12-,19-17-,22-21-,25-24-,28-27-,41-18-. The van der Waals surface area contributed by atoms with Gasteiger partial charge >= 0.3 is 11.9 Å². The summed E-state index contributed by atoms with van der Waals surface area (Å²) < 4.78 is 10.7. The van der Waals surface area contributed by atoms with Gasteiger partial charge in [0.25, 0.3) is 0 Å². The van der Waals surface area contributed by atoms with Crippen LogP contribution in [-0.4, -0.2) is 36.4 Å². The van der Waals surface area contributed by atoms with Crippen molar-refractivity contribution >= 4 is 11.9 Å². The van der Waals surface area contributed by atoms with Gasteiger partial charge in [0.15, 0.2) is 6.10 Å². The first-order chi connectivity index (χ1) is 32.6. The average molecular weight is 915 g/mol. The van der Waals surface area contributed by atoms with E-state index in [-0.39, 0.29) is 25.2 Å². The monoisotopic (exact) mass is 915 g/mol. The fourth-order valence-electron chi connectivity index (χ4n) is 7.51. The third kappa shape index (κ3) is 53.2. The van der Waals surface area contributed by atoms with Gasteiger partial charge in [0.05, 0.1) is 6.61 Å². The zero-order valence-corrected chi connectivity index (χ0v) is 42.9. The third-order valence-corrected chi connectivity index (χ3v) is 11.6. The second-order valence-electron chi connectivity index (χ2n) is 17.9. The maximum absolute atomic E-state index is 12.3. The summed E-state index contributed by atoms with van der Waals surface area (Å²) in [6.07, 6.45) is 80.7. The lowest BCUT2D eigenvalue weighted by molar-refractivity contribution is -0.161. The number of esters is 2. The van der Waals surface area contributed by atoms with Crippen molar-refractivity contribution in [2.75, 3.05) is 13.2 Å². The van der Waals surface area contributed by atoms with Crippen molar-refractivity contribution in [3.8, 4) is 0 Å². The van der Waals surface area contributed by atoms with E-state index < -0.39 is 6.10 Å². The van der Waals surface area contributed by atoms with Crippen LogP contribution in [-0.2, 0) is 19.1 Å². The number of ether oxygens (including phenoxy) is 2. The SMILES string of the molecule is CC/C=C\C/C=C\C/C=C\C/C=C\C/C=C\C/C=C\CCCCCCCCCCCCCCCCCCCCC(=O)OC(CO)COC(=O)CCCCCCC/C=C\C/C=C\C/C=C\CC. The van der Waals surface area contributed by atoms with Crippen LogP contribution >= 0.6 is 0 Å². The highest BCUT2D eigenvalue weighted by Gasteiger charge is 2.16. The smallest absolute Gasteiger partial charge is 0.306 e. The van der Waals surface area contributed by atoms with Crippen LogP contribution in [0.5, 0.6) is 0 Å². The van der Waals surface area contributed by atoms with Crippen molar-refractivity contribution in [2.24, 2.45) is 0 Å². The molecule has 0 heterocycles. The minimum Gasteiger partial charge on any atom is -0.462 e. The number of carbonyl (C=O) groups excluding carboxylic acids is 2. The van der Waals surface area contributed by atoms with E-state index >= 15 is 0 Å². The van der Waals surface area contributed by atoms with Gasteiger partial charge in [-0.05, 0) is 96.3 Å². The van der Waals surface area contributed by atoms with Gasteiger partial charge in [-0.15, -0.1) is 0 Å². The number of unbranched alkanes of at least 4 members (excludes halogenated alkanes) is 23. The summed E-state index contributed by atoms with van der Waals surface area (Å²) in [5, 5.41) is 9.62. The van der Waals surface area contributed by atoms with Crippen LogP contribution in [0, 0.1) is 0 Å². The molecule has 0 aliphatic heterocycles. The second-order valence-corrected chi connectivity index (χ2v) is 17.9. The lowest BCUT2D eigenvalue weighted by atomic mass is 10.0. The van der Waals surface area contributed by atoms with E-state index in [9.17, 15) is 14.7 Å². The summed E-state index contributed by atoms with van der Waals surface area (Å²) in [4.78, 5) is 24.4. The number of aliphatic hydroxyl groups is 1. The molecule has 5 heteroatoms. The van der Waals surface area contributed by atoms with Crippen molar-refractivity contribution in [1.82, 2.24) is 0 Å². The van der Waals surface area contributed by atoms with E-state index in [1.807, 2.05) is 0 Å². The first-order valence-corrected chi connectivity index (χ1v) is 27.4. The zero-order valence-electron chi connectivity index (χ0n) is 42.9. The summed E-state index contributed by atoms with van der Waals surface area (Å²) in [5.41, 5.74) is 0. The van der Waals surface area contributed by atoms with Crippen molar-refractivity contribution in [1.29, 1.82) is 0 Å². The molecule has 0 bridgehead atoms. The average Bonchev–Trinajstić information content (AvgIpc) is 3.32. The van der Waals surface area contributed by atoms with E-state index in [4.69, 9.17) is 9.47 Å². The van der Waals surface area contributed by atoms with Gasteiger partial charge < -0.3 is 14.6 Å². The molecule has 0 fully saturated rings. The van der Waals surface area contributed by atoms with E-state index in [2.05, 4.69) is 123 Å². The van der Waals surface area contributed by atoms with E-state index in [0.717, 1.165) is 109 Å². The fourth-order valence-corrected chi connectivity index (χ4v) is 7.51. The van der Waals surface area contributed by atoms with Gasteiger partial charge in [0.1, 0.15) is 6.61 Å². The van der Waals surface area contributed by atoms with Crippen LogP contribution in [0.3, 0.4) is 0 Å². The minimum atomic E-state index is -0.783. The van der Waals surface area contributed by atoms with Crippen LogP contribution in [0.1, 0.15) is 245 Å². The molecule has 1 N–H and O–H groups in total. The Labute approximate surface area is 408 Å². The molecule has 1 unspecified atom stereocenters. The molecular formula is C61H102O5. The Morgan fingerprint density at radius 3 is 0.909 bits per heavy atom. The number of hydrogen-bond acceptors (Lipinski definition) is 5. The summed E-state index contributed by atoms with van der Waals surface area (Å²) in [5.74, 6) is -0.610. The number of rotatable bonds is 49. The maximum atomic E-state index is 12.3. The molecule has 1 atom stereocenters. The Morgan fingerprint density at radius 1 is 0.348 bits per heavy atom. The van der Waals surface area contributed by atoms with Crippen LogP contribution in [0.4, 0.5) is 0 Å². The summed E-state index contributed by atoms with van der Waals surface area (Å²) in [6, 6.07) is 0. The Morgan fingerprint density at radius 2 is 0.606 bits per heavy atom. The second kappa shape index (κ2) is 55.9. The largest absolute Gasteiger partial charge is 0.462 e. The molecule has 0 aliphatic rings. The molecule has 5 nitrogen and oxygen atoms in total. The molecule has 0 rings (SSSR count). The molecule has 0 aromatic heterocycles. The molecule has 0 radical (unpaired) electrons. The van der Waals surface area contributed by atoms with E-state index in [0.29, 0.717) is 12.8 Å². The maximum Gasteiger partial charge on any atom is 0.306 e. The van der Waals surface area contributed by atoms with Gasteiger partial charge in [-0.3, -0.25) is 9.59 Å². The number of aliphatic hydroxyl groups excluding tert-OH is 1. The van der Waals surface area contributed by atoms with Gasteiger partial charge in [0.2, 0.25) is 0 Å². The highest BCUT2D eigenvalue weighted by Crippen LogP contribution is 2.16. The molecule has 66 heavy (non-hydrogen) atoms. The predicted octanol–water partition coefficient (Wildman–Crippen LogP) is 18.5. The topological polar surface area (TPSA) is 72.8 Å². The molecule has 0 aliphatic carbocycles. The first kappa shape index (κ1) is 62.6. The Bertz CT molecular complexity index is 1310. The summed E-state index contributed by atoms with van der Waals surface area (Å²) >= 11 is 0. The minimum absolute atomic E-state index is 0.0776. The fraction of sp³-hybridized carbons (Fsp3) is 0.672. The summed E-state index contributed by atoms with van der Waals surface area (Å²) in [6.45, 7) is 3.90. The third-order valence-electron chi connectivity index (χ3n) is 11.6. The van der Waals surface area contributed by atoms with Crippen LogP contribution in [0.25, 0.3) is 0 Å². The first-order valence-electron chi connectivity index (χ1n) is 27.4. The molecule has 0 spiro atoms. The van der Waals surface area contributed by atoms with E-state index in [1.165, 1.54) is 109 Å². The molecular weight excluding hydrogens is 813 g/mol. The highest BCUT2D eigenvalue weighted by molar-refractivity contribution is 5.70. The summed E-state index contributed by atoms with van der Waals surface area (Å²) in [7, 11) is 0. The van der Waals surface area contributed by atoms with Crippen LogP contribution in [0.15, 0.2) is 109 Å². The molecule has 0 saturated heterocycles. The lowest BCUT2D eigenvalue weighted by Gasteiger charge is -2.15. The van der Waals surface area contributed by atoms with Crippen molar-refractivity contribution in [3.05, 3.63) is 109 Å². The van der Waals surface area contributed by atoms with Crippen molar-refractivity contribution in [2.45, 2.75) is 251 Å². The van der Waals surface area contributed by atoms with Gasteiger partial charge in [0, 0.05) is 12.8 Å².